The molecule has 0 saturated heterocycles. The van der Waals surface area contributed by atoms with Crippen molar-refractivity contribution < 1.29 is 4.79 Å². The Hall–Kier alpha value is -1.90. The molecule has 0 atom stereocenters. The number of carbonyl (C=O) groups is 1. The molecule has 0 bridgehead atoms. The van der Waals surface area contributed by atoms with E-state index in [9.17, 15) is 4.79 Å². The van der Waals surface area contributed by atoms with Crippen molar-refractivity contribution in [3.63, 3.8) is 0 Å². The van der Waals surface area contributed by atoms with Gasteiger partial charge in [-0.1, -0.05) is 68.8 Å². The van der Waals surface area contributed by atoms with E-state index in [1.807, 2.05) is 23.6 Å². The van der Waals surface area contributed by atoms with Crippen LogP contribution in [0.3, 0.4) is 0 Å². The predicted octanol–water partition coefficient (Wildman–Crippen LogP) is 6.60. The van der Waals surface area contributed by atoms with Crippen LogP contribution in [0.25, 0.3) is 11.1 Å². The summed E-state index contributed by atoms with van der Waals surface area (Å²) in [5.74, 6) is -0.0227. The summed E-state index contributed by atoms with van der Waals surface area (Å²) in [6, 6.07) is 17.6. The fraction of sp³-hybridized carbons (Fsp3) is 0.190. The summed E-state index contributed by atoms with van der Waals surface area (Å²) >= 11 is 7.65. The van der Waals surface area contributed by atoms with Gasteiger partial charge < -0.3 is 0 Å². The van der Waals surface area contributed by atoms with Crippen LogP contribution < -0.4 is 0 Å². The Kier molecular flexibility index (Phi) is 4.62. The van der Waals surface area contributed by atoms with Gasteiger partial charge in [0, 0.05) is 11.1 Å². The van der Waals surface area contributed by atoms with E-state index in [0.29, 0.717) is 10.6 Å². The zero-order valence-corrected chi connectivity index (χ0v) is 15.5. The lowest BCUT2D eigenvalue weighted by Crippen LogP contribution is -2.10. The summed E-state index contributed by atoms with van der Waals surface area (Å²) in [5.41, 5.74) is 3.96. The van der Waals surface area contributed by atoms with Crippen LogP contribution in [0, 0.1) is 0 Å². The number of hydrogen-bond donors (Lipinski definition) is 0. The topological polar surface area (TPSA) is 17.1 Å². The Labute approximate surface area is 151 Å². The van der Waals surface area contributed by atoms with E-state index in [0.717, 1.165) is 16.0 Å². The second-order valence-corrected chi connectivity index (χ2v) is 8.12. The molecule has 3 rings (SSSR count). The average Bonchev–Trinajstić information content (AvgIpc) is 3.03. The summed E-state index contributed by atoms with van der Waals surface area (Å²) < 4.78 is 0. The molecule has 0 radical (unpaired) electrons. The molecule has 0 aliphatic carbocycles. The number of halogens is 1. The third-order valence-electron chi connectivity index (χ3n) is 4.05. The lowest BCUT2D eigenvalue weighted by molar-refractivity contribution is 0.104. The van der Waals surface area contributed by atoms with E-state index < -0.39 is 0 Å². The van der Waals surface area contributed by atoms with Gasteiger partial charge in [-0.3, -0.25) is 4.79 Å². The normalized spacial score (nSPS) is 11.5. The molecule has 0 unspecified atom stereocenters. The standard InChI is InChI=1S/C21H19ClOS/c1-21(2,3)15-10-8-14(9-11-15)16-12-13-24-20(16)19(23)17-6-4-5-7-18(17)22/h4-13H,1-3H3. The first-order valence-corrected chi connectivity index (χ1v) is 9.11. The minimum absolute atomic E-state index is 0.0227. The number of thiophene rings is 1. The van der Waals surface area contributed by atoms with Crippen LogP contribution in [0.1, 0.15) is 41.6 Å². The number of hydrogen-bond acceptors (Lipinski definition) is 2. The Morgan fingerprint density at radius 2 is 1.62 bits per heavy atom. The van der Waals surface area contributed by atoms with Crippen molar-refractivity contribution >= 4 is 28.7 Å². The van der Waals surface area contributed by atoms with Crippen LogP contribution in [0.5, 0.6) is 0 Å². The minimum atomic E-state index is -0.0227. The zero-order valence-electron chi connectivity index (χ0n) is 14.0. The molecule has 1 nitrogen and oxygen atoms in total. The van der Waals surface area contributed by atoms with Gasteiger partial charge in [-0.05, 0) is 40.1 Å². The first-order valence-electron chi connectivity index (χ1n) is 7.85. The summed E-state index contributed by atoms with van der Waals surface area (Å²) in [7, 11) is 0. The third-order valence-corrected chi connectivity index (χ3v) is 5.29. The molecule has 0 amide bonds. The van der Waals surface area contributed by atoms with Crippen molar-refractivity contribution in [2.75, 3.05) is 0 Å². The highest BCUT2D eigenvalue weighted by Crippen LogP contribution is 2.33. The Bertz CT molecular complexity index is 869. The van der Waals surface area contributed by atoms with E-state index in [2.05, 4.69) is 45.0 Å². The van der Waals surface area contributed by atoms with Crippen molar-refractivity contribution in [3.05, 3.63) is 81.0 Å². The van der Waals surface area contributed by atoms with Crippen LogP contribution >= 0.6 is 22.9 Å². The summed E-state index contributed by atoms with van der Waals surface area (Å²) in [5, 5.41) is 2.45. The van der Waals surface area contributed by atoms with Crippen LogP contribution in [0.2, 0.25) is 5.02 Å². The monoisotopic (exact) mass is 354 g/mol. The maximum Gasteiger partial charge on any atom is 0.205 e. The number of benzene rings is 2. The second-order valence-electron chi connectivity index (χ2n) is 6.80. The molecule has 1 aromatic heterocycles. The molecule has 2 aromatic carbocycles. The fourth-order valence-corrected chi connectivity index (χ4v) is 3.72. The molecular weight excluding hydrogens is 336 g/mol. The Balaban J connectivity index is 1.99. The maximum atomic E-state index is 12.9. The van der Waals surface area contributed by atoms with Gasteiger partial charge in [0.05, 0.1) is 9.90 Å². The molecule has 122 valence electrons. The predicted molar refractivity (Wildman–Crippen MR) is 103 cm³/mol. The van der Waals surface area contributed by atoms with Gasteiger partial charge in [-0.15, -0.1) is 11.3 Å². The first-order chi connectivity index (χ1) is 11.4. The Morgan fingerprint density at radius 3 is 2.25 bits per heavy atom. The van der Waals surface area contributed by atoms with Gasteiger partial charge in [0.25, 0.3) is 0 Å². The Morgan fingerprint density at radius 1 is 0.958 bits per heavy atom. The quantitative estimate of drug-likeness (QED) is 0.484. The lowest BCUT2D eigenvalue weighted by Gasteiger charge is -2.19. The smallest absolute Gasteiger partial charge is 0.205 e. The van der Waals surface area contributed by atoms with Crippen molar-refractivity contribution in [2.24, 2.45) is 0 Å². The van der Waals surface area contributed by atoms with E-state index in [1.54, 1.807) is 12.1 Å². The highest BCUT2D eigenvalue weighted by Gasteiger charge is 2.19. The molecule has 1 heterocycles. The van der Waals surface area contributed by atoms with Crippen LogP contribution in [-0.2, 0) is 5.41 Å². The van der Waals surface area contributed by atoms with Gasteiger partial charge in [0.1, 0.15) is 0 Å². The van der Waals surface area contributed by atoms with Gasteiger partial charge in [-0.2, -0.15) is 0 Å². The number of ketones is 1. The largest absolute Gasteiger partial charge is 0.288 e. The van der Waals surface area contributed by atoms with E-state index in [-0.39, 0.29) is 11.2 Å². The summed E-state index contributed by atoms with van der Waals surface area (Å²) in [6.45, 7) is 6.58. The minimum Gasteiger partial charge on any atom is -0.288 e. The molecule has 3 heteroatoms. The van der Waals surface area contributed by atoms with E-state index >= 15 is 0 Å². The molecule has 24 heavy (non-hydrogen) atoms. The molecular formula is C21H19ClOS. The molecule has 0 saturated carbocycles. The molecule has 3 aromatic rings. The summed E-state index contributed by atoms with van der Waals surface area (Å²) in [4.78, 5) is 13.6. The van der Waals surface area contributed by atoms with Gasteiger partial charge >= 0.3 is 0 Å². The highest BCUT2D eigenvalue weighted by molar-refractivity contribution is 7.12. The molecule has 0 N–H and O–H groups in total. The molecule has 0 fully saturated rings. The average molecular weight is 355 g/mol. The highest BCUT2D eigenvalue weighted by atomic mass is 35.5. The maximum absolute atomic E-state index is 12.9. The zero-order chi connectivity index (χ0) is 17.3. The van der Waals surface area contributed by atoms with Gasteiger partial charge in [0.2, 0.25) is 5.78 Å². The van der Waals surface area contributed by atoms with Crippen LogP contribution in [-0.4, -0.2) is 5.78 Å². The van der Waals surface area contributed by atoms with Crippen LogP contribution in [0.15, 0.2) is 60.0 Å². The SMILES string of the molecule is CC(C)(C)c1ccc(-c2ccsc2C(=O)c2ccccc2Cl)cc1. The van der Waals surface area contributed by atoms with E-state index in [1.165, 1.54) is 16.9 Å². The third kappa shape index (κ3) is 3.31. The van der Waals surface area contributed by atoms with Crippen LogP contribution in [0.4, 0.5) is 0 Å². The lowest BCUT2D eigenvalue weighted by atomic mass is 9.86. The van der Waals surface area contributed by atoms with Crippen molar-refractivity contribution in [1.29, 1.82) is 0 Å². The molecule has 0 aliphatic rings. The number of carbonyl (C=O) groups excluding carboxylic acids is 1. The van der Waals surface area contributed by atoms with Crippen molar-refractivity contribution in [2.45, 2.75) is 26.2 Å². The number of rotatable bonds is 3. The fourth-order valence-electron chi connectivity index (χ4n) is 2.63. The van der Waals surface area contributed by atoms with Gasteiger partial charge in [0.15, 0.2) is 0 Å². The summed E-state index contributed by atoms with van der Waals surface area (Å²) in [6.07, 6.45) is 0. The molecule has 0 spiro atoms. The van der Waals surface area contributed by atoms with Gasteiger partial charge in [-0.25, -0.2) is 0 Å². The second kappa shape index (κ2) is 6.54. The first kappa shape index (κ1) is 16.9. The molecule has 0 aliphatic heterocycles. The van der Waals surface area contributed by atoms with Crippen molar-refractivity contribution in [1.82, 2.24) is 0 Å². The van der Waals surface area contributed by atoms with Crippen molar-refractivity contribution in [3.8, 4) is 11.1 Å². The van der Waals surface area contributed by atoms with E-state index in [4.69, 9.17) is 11.6 Å².